The van der Waals surface area contributed by atoms with Gasteiger partial charge >= 0.3 is 0 Å². The van der Waals surface area contributed by atoms with Crippen molar-refractivity contribution >= 4 is 5.91 Å². The second kappa shape index (κ2) is 4.61. The minimum absolute atomic E-state index is 0.163. The Balaban J connectivity index is 2.44. The standard InChI is InChI=1S/C10H20N2O/c1-7(2)12-10(13)9-6-11-5-4-8(9)3/h7-9,11H,4-6H2,1-3H3,(H,12,13)/t8-,9+/m1/s1. The number of amides is 1. The van der Waals surface area contributed by atoms with Gasteiger partial charge in [-0.3, -0.25) is 4.79 Å². The molecule has 0 aromatic carbocycles. The van der Waals surface area contributed by atoms with Gasteiger partial charge in [0.25, 0.3) is 0 Å². The third-order valence-electron chi connectivity index (χ3n) is 2.60. The fourth-order valence-electron chi connectivity index (χ4n) is 1.73. The molecule has 0 bridgehead atoms. The van der Waals surface area contributed by atoms with Gasteiger partial charge < -0.3 is 10.6 Å². The topological polar surface area (TPSA) is 41.1 Å². The van der Waals surface area contributed by atoms with Crippen LogP contribution < -0.4 is 10.6 Å². The van der Waals surface area contributed by atoms with E-state index in [9.17, 15) is 4.79 Å². The van der Waals surface area contributed by atoms with Crippen molar-refractivity contribution in [3.8, 4) is 0 Å². The maximum absolute atomic E-state index is 11.7. The molecule has 1 amide bonds. The first-order chi connectivity index (χ1) is 6.11. The number of nitrogens with one attached hydrogen (secondary N) is 2. The van der Waals surface area contributed by atoms with E-state index in [-0.39, 0.29) is 17.9 Å². The first kappa shape index (κ1) is 10.5. The molecule has 1 aliphatic heterocycles. The lowest BCUT2D eigenvalue weighted by Gasteiger charge is -2.29. The van der Waals surface area contributed by atoms with Gasteiger partial charge in [0.2, 0.25) is 5.91 Å². The van der Waals surface area contributed by atoms with Crippen molar-refractivity contribution in [2.45, 2.75) is 33.2 Å². The Labute approximate surface area is 80.3 Å². The van der Waals surface area contributed by atoms with Crippen molar-refractivity contribution in [1.29, 1.82) is 0 Å². The summed E-state index contributed by atoms with van der Waals surface area (Å²) in [4.78, 5) is 11.7. The van der Waals surface area contributed by atoms with Crippen LogP contribution in [0.3, 0.4) is 0 Å². The van der Waals surface area contributed by atoms with Crippen LogP contribution in [0.2, 0.25) is 0 Å². The van der Waals surface area contributed by atoms with Crippen LogP contribution in [0.25, 0.3) is 0 Å². The van der Waals surface area contributed by atoms with E-state index in [1.165, 1.54) is 0 Å². The van der Waals surface area contributed by atoms with Gasteiger partial charge in [0.05, 0.1) is 5.92 Å². The Bertz CT molecular complexity index is 180. The zero-order valence-electron chi connectivity index (χ0n) is 8.76. The quantitative estimate of drug-likeness (QED) is 0.665. The van der Waals surface area contributed by atoms with Crippen LogP contribution in [-0.2, 0) is 4.79 Å². The number of carbonyl (C=O) groups is 1. The Morgan fingerprint density at radius 2 is 2.23 bits per heavy atom. The van der Waals surface area contributed by atoms with Crippen LogP contribution in [0, 0.1) is 11.8 Å². The summed E-state index contributed by atoms with van der Waals surface area (Å²) >= 11 is 0. The van der Waals surface area contributed by atoms with Gasteiger partial charge in [-0.15, -0.1) is 0 Å². The lowest BCUT2D eigenvalue weighted by atomic mass is 9.87. The molecule has 1 fully saturated rings. The zero-order chi connectivity index (χ0) is 9.84. The first-order valence-electron chi connectivity index (χ1n) is 5.12. The Morgan fingerprint density at radius 1 is 1.54 bits per heavy atom. The van der Waals surface area contributed by atoms with Crippen molar-refractivity contribution in [3.05, 3.63) is 0 Å². The molecule has 0 unspecified atom stereocenters. The molecule has 2 N–H and O–H groups in total. The van der Waals surface area contributed by atoms with Crippen molar-refractivity contribution in [3.63, 3.8) is 0 Å². The van der Waals surface area contributed by atoms with Crippen LogP contribution in [0.5, 0.6) is 0 Å². The molecule has 3 nitrogen and oxygen atoms in total. The van der Waals surface area contributed by atoms with Crippen molar-refractivity contribution in [2.75, 3.05) is 13.1 Å². The van der Waals surface area contributed by atoms with Gasteiger partial charge in [0.15, 0.2) is 0 Å². The fourth-order valence-corrected chi connectivity index (χ4v) is 1.73. The first-order valence-corrected chi connectivity index (χ1v) is 5.12. The molecule has 1 aliphatic rings. The summed E-state index contributed by atoms with van der Waals surface area (Å²) in [5.41, 5.74) is 0. The van der Waals surface area contributed by atoms with Gasteiger partial charge in [0.1, 0.15) is 0 Å². The summed E-state index contributed by atoms with van der Waals surface area (Å²) in [5, 5.41) is 6.22. The van der Waals surface area contributed by atoms with E-state index in [0.29, 0.717) is 5.92 Å². The lowest BCUT2D eigenvalue weighted by molar-refractivity contribution is -0.127. The maximum Gasteiger partial charge on any atom is 0.224 e. The average molecular weight is 184 g/mol. The second-order valence-corrected chi connectivity index (χ2v) is 4.24. The molecule has 1 heterocycles. The fraction of sp³-hybridized carbons (Fsp3) is 0.900. The normalized spacial score (nSPS) is 28.9. The SMILES string of the molecule is CC(C)NC(=O)[C@H]1CNCC[C@H]1C. The number of carbonyl (C=O) groups excluding carboxylic acids is 1. The van der Waals surface area contributed by atoms with Gasteiger partial charge in [-0.05, 0) is 32.7 Å². The molecule has 0 aliphatic carbocycles. The highest BCUT2D eigenvalue weighted by molar-refractivity contribution is 5.79. The van der Waals surface area contributed by atoms with Gasteiger partial charge in [-0.1, -0.05) is 6.92 Å². The molecule has 76 valence electrons. The molecule has 2 atom stereocenters. The van der Waals surface area contributed by atoms with E-state index < -0.39 is 0 Å². The minimum Gasteiger partial charge on any atom is -0.354 e. The van der Waals surface area contributed by atoms with Crippen LogP contribution in [0.4, 0.5) is 0 Å². The highest BCUT2D eigenvalue weighted by Crippen LogP contribution is 2.18. The predicted molar refractivity (Wildman–Crippen MR) is 53.4 cm³/mol. The van der Waals surface area contributed by atoms with Gasteiger partial charge in [-0.25, -0.2) is 0 Å². The highest BCUT2D eigenvalue weighted by atomic mass is 16.2. The van der Waals surface area contributed by atoms with Crippen LogP contribution >= 0.6 is 0 Å². The summed E-state index contributed by atoms with van der Waals surface area (Å²) in [7, 11) is 0. The van der Waals surface area contributed by atoms with Crippen molar-refractivity contribution < 1.29 is 4.79 Å². The largest absolute Gasteiger partial charge is 0.354 e. The van der Waals surface area contributed by atoms with Gasteiger partial charge in [0, 0.05) is 12.6 Å². The molecule has 1 rings (SSSR count). The Kier molecular flexibility index (Phi) is 3.72. The van der Waals surface area contributed by atoms with Gasteiger partial charge in [-0.2, -0.15) is 0 Å². The average Bonchev–Trinajstić information content (AvgIpc) is 2.03. The second-order valence-electron chi connectivity index (χ2n) is 4.24. The molecule has 3 heteroatoms. The van der Waals surface area contributed by atoms with E-state index in [1.54, 1.807) is 0 Å². The number of piperidine rings is 1. The molecule has 0 spiro atoms. The maximum atomic E-state index is 11.7. The molecular weight excluding hydrogens is 164 g/mol. The zero-order valence-corrected chi connectivity index (χ0v) is 8.76. The summed E-state index contributed by atoms with van der Waals surface area (Å²) in [5.74, 6) is 0.880. The molecule has 13 heavy (non-hydrogen) atoms. The summed E-state index contributed by atoms with van der Waals surface area (Å²) in [6.07, 6.45) is 1.11. The summed E-state index contributed by atoms with van der Waals surface area (Å²) in [6.45, 7) is 8.04. The van der Waals surface area contributed by atoms with E-state index >= 15 is 0 Å². The summed E-state index contributed by atoms with van der Waals surface area (Å²) in [6, 6.07) is 0.252. The number of hydrogen-bond acceptors (Lipinski definition) is 2. The molecule has 0 radical (unpaired) electrons. The lowest BCUT2D eigenvalue weighted by Crippen LogP contribution is -2.46. The van der Waals surface area contributed by atoms with Crippen molar-refractivity contribution in [1.82, 2.24) is 10.6 Å². The third-order valence-corrected chi connectivity index (χ3v) is 2.60. The minimum atomic E-state index is 0.163. The molecular formula is C10H20N2O. The van der Waals surface area contributed by atoms with E-state index in [2.05, 4.69) is 17.6 Å². The Hall–Kier alpha value is -0.570. The van der Waals surface area contributed by atoms with Crippen LogP contribution in [0.15, 0.2) is 0 Å². The number of rotatable bonds is 2. The Morgan fingerprint density at radius 3 is 2.77 bits per heavy atom. The molecule has 0 aromatic rings. The van der Waals surface area contributed by atoms with Crippen molar-refractivity contribution in [2.24, 2.45) is 11.8 Å². The smallest absolute Gasteiger partial charge is 0.224 e. The summed E-state index contributed by atoms with van der Waals surface area (Å²) < 4.78 is 0. The number of hydrogen-bond donors (Lipinski definition) is 2. The monoisotopic (exact) mass is 184 g/mol. The van der Waals surface area contributed by atoms with E-state index in [0.717, 1.165) is 19.5 Å². The van der Waals surface area contributed by atoms with E-state index in [4.69, 9.17) is 0 Å². The van der Waals surface area contributed by atoms with Crippen LogP contribution in [0.1, 0.15) is 27.2 Å². The molecule has 0 saturated carbocycles. The van der Waals surface area contributed by atoms with E-state index in [1.807, 2.05) is 13.8 Å². The molecule has 1 saturated heterocycles. The third kappa shape index (κ3) is 2.99. The van der Waals surface area contributed by atoms with Crippen LogP contribution in [-0.4, -0.2) is 25.0 Å². The highest BCUT2D eigenvalue weighted by Gasteiger charge is 2.27. The molecule has 0 aromatic heterocycles. The predicted octanol–water partition coefficient (Wildman–Crippen LogP) is 0.757.